The highest BCUT2D eigenvalue weighted by molar-refractivity contribution is 6.31. The molecule has 0 saturated heterocycles. The largest absolute Gasteiger partial charge is 0.496 e. The normalized spacial score (nSPS) is 14.2. The van der Waals surface area contributed by atoms with Gasteiger partial charge in [-0.25, -0.2) is 14.6 Å². The van der Waals surface area contributed by atoms with Gasteiger partial charge in [-0.3, -0.25) is 0 Å². The van der Waals surface area contributed by atoms with Crippen LogP contribution in [0.25, 0.3) is 6.08 Å². The van der Waals surface area contributed by atoms with Crippen molar-refractivity contribution in [2.45, 2.75) is 6.92 Å². The first-order valence-electron chi connectivity index (χ1n) is 9.69. The highest BCUT2D eigenvalue weighted by Gasteiger charge is 2.27. The van der Waals surface area contributed by atoms with Crippen molar-refractivity contribution in [3.63, 3.8) is 0 Å². The topological polar surface area (TPSA) is 74.2 Å². The summed E-state index contributed by atoms with van der Waals surface area (Å²) in [4.78, 5) is 29.3. The quantitative estimate of drug-likeness (QED) is 0.304. The van der Waals surface area contributed by atoms with E-state index >= 15 is 0 Å². The molecule has 3 aromatic rings. The average Bonchev–Trinajstić information content (AvgIpc) is 3.15. The van der Waals surface area contributed by atoms with E-state index in [9.17, 15) is 9.59 Å². The second-order valence-corrected chi connectivity index (χ2v) is 7.41. The van der Waals surface area contributed by atoms with E-state index < -0.39 is 11.9 Å². The van der Waals surface area contributed by atoms with Gasteiger partial charge in [0.25, 0.3) is 0 Å². The van der Waals surface area contributed by atoms with Gasteiger partial charge in [0.2, 0.25) is 5.90 Å². The lowest BCUT2D eigenvalue weighted by atomic mass is 10.1. The second kappa shape index (κ2) is 9.08. The molecule has 160 valence electrons. The van der Waals surface area contributed by atoms with Gasteiger partial charge in [0.1, 0.15) is 11.5 Å². The Hall–Kier alpha value is -3.90. The molecular weight excluding hydrogens is 430 g/mol. The first kappa shape index (κ1) is 21.3. The summed E-state index contributed by atoms with van der Waals surface area (Å²) >= 11 is 6.07. The number of esters is 2. The van der Waals surface area contributed by atoms with Crippen molar-refractivity contribution in [3.05, 3.63) is 99.7 Å². The number of benzene rings is 3. The minimum absolute atomic E-state index is 0.0564. The van der Waals surface area contributed by atoms with Crippen molar-refractivity contribution in [3.8, 4) is 11.5 Å². The van der Waals surface area contributed by atoms with E-state index in [2.05, 4.69) is 4.99 Å². The summed E-state index contributed by atoms with van der Waals surface area (Å²) < 4.78 is 16.2. The van der Waals surface area contributed by atoms with Gasteiger partial charge < -0.3 is 14.2 Å². The Morgan fingerprint density at radius 1 is 1.03 bits per heavy atom. The van der Waals surface area contributed by atoms with E-state index in [1.165, 1.54) is 13.2 Å². The summed E-state index contributed by atoms with van der Waals surface area (Å²) in [6, 6.07) is 18.8. The minimum Gasteiger partial charge on any atom is -0.496 e. The number of carbonyl (C=O) groups excluding carboxylic acids is 2. The number of ether oxygens (including phenoxy) is 3. The first-order chi connectivity index (χ1) is 15.4. The van der Waals surface area contributed by atoms with Crippen LogP contribution < -0.4 is 9.47 Å². The molecule has 7 heteroatoms. The van der Waals surface area contributed by atoms with Crippen LogP contribution in [0.4, 0.5) is 0 Å². The van der Waals surface area contributed by atoms with Crippen LogP contribution in [-0.4, -0.2) is 24.9 Å². The number of hydrogen-bond donors (Lipinski definition) is 0. The molecule has 6 nitrogen and oxygen atoms in total. The highest BCUT2D eigenvalue weighted by Crippen LogP contribution is 2.29. The molecule has 1 aliphatic rings. The molecule has 1 aliphatic heterocycles. The Kier molecular flexibility index (Phi) is 6.05. The third-order valence-electron chi connectivity index (χ3n) is 4.71. The van der Waals surface area contributed by atoms with Gasteiger partial charge in [0.15, 0.2) is 5.70 Å². The standard InChI is InChI=1S/C25H18ClNO5/c1-15-7-9-16(10-8-15)24(28)31-21-6-4-3-5-17(21)13-20-25(29)32-23(27-20)19-14-18(26)11-12-22(19)30-2/h3-14H,1-2H3/b20-13-. The molecule has 0 aromatic heterocycles. The van der Waals surface area contributed by atoms with Crippen molar-refractivity contribution >= 4 is 35.5 Å². The third kappa shape index (κ3) is 4.55. The average molecular weight is 448 g/mol. The lowest BCUT2D eigenvalue weighted by molar-refractivity contribution is -0.129. The molecule has 4 rings (SSSR count). The van der Waals surface area contributed by atoms with E-state index in [4.69, 9.17) is 25.8 Å². The minimum atomic E-state index is -0.637. The smallest absolute Gasteiger partial charge is 0.363 e. The Labute approximate surface area is 189 Å². The maximum atomic E-state index is 12.5. The zero-order valence-corrected chi connectivity index (χ0v) is 18.1. The Bertz CT molecular complexity index is 1260. The predicted octanol–water partition coefficient (Wildman–Crippen LogP) is 5.22. The van der Waals surface area contributed by atoms with E-state index in [1.54, 1.807) is 54.6 Å². The molecule has 32 heavy (non-hydrogen) atoms. The molecule has 1 heterocycles. The van der Waals surface area contributed by atoms with Gasteiger partial charge in [0, 0.05) is 10.6 Å². The number of nitrogens with zero attached hydrogens (tertiary/aromatic N) is 1. The first-order valence-corrected chi connectivity index (χ1v) is 10.1. The fraction of sp³-hybridized carbons (Fsp3) is 0.0800. The molecule has 0 spiro atoms. The van der Waals surface area contributed by atoms with E-state index in [0.29, 0.717) is 33.2 Å². The van der Waals surface area contributed by atoms with Gasteiger partial charge in [0.05, 0.1) is 18.2 Å². The summed E-state index contributed by atoms with van der Waals surface area (Å²) in [7, 11) is 1.50. The lowest BCUT2D eigenvalue weighted by Gasteiger charge is -2.07. The number of carbonyl (C=O) groups is 2. The van der Waals surface area contributed by atoms with Gasteiger partial charge >= 0.3 is 11.9 Å². The van der Waals surface area contributed by atoms with Gasteiger partial charge in [-0.1, -0.05) is 47.5 Å². The van der Waals surface area contributed by atoms with Gasteiger partial charge in [-0.15, -0.1) is 0 Å². The summed E-state index contributed by atoms with van der Waals surface area (Å²) in [6.45, 7) is 1.94. The fourth-order valence-electron chi connectivity index (χ4n) is 3.06. The van der Waals surface area contributed by atoms with Crippen LogP contribution in [0.15, 0.2) is 77.4 Å². The number of aryl methyl sites for hydroxylation is 1. The Morgan fingerprint density at radius 2 is 1.78 bits per heavy atom. The summed E-state index contributed by atoms with van der Waals surface area (Å²) in [5, 5.41) is 0.449. The number of cyclic esters (lactones) is 1. The van der Waals surface area contributed by atoms with E-state index in [-0.39, 0.29) is 11.6 Å². The van der Waals surface area contributed by atoms with E-state index in [1.807, 2.05) is 19.1 Å². The zero-order chi connectivity index (χ0) is 22.7. The van der Waals surface area contributed by atoms with Crippen LogP contribution in [0.3, 0.4) is 0 Å². The number of para-hydroxylation sites is 1. The van der Waals surface area contributed by atoms with Crippen LogP contribution in [0, 0.1) is 6.92 Å². The molecule has 0 aliphatic carbocycles. The van der Waals surface area contributed by atoms with Crippen LogP contribution in [0.1, 0.15) is 27.0 Å². The second-order valence-electron chi connectivity index (χ2n) is 6.97. The molecule has 0 amide bonds. The molecule has 0 unspecified atom stereocenters. The Balaban J connectivity index is 1.64. The van der Waals surface area contributed by atoms with Gasteiger partial charge in [-0.05, 0) is 49.4 Å². The zero-order valence-electron chi connectivity index (χ0n) is 17.3. The number of aliphatic imine (C=N–C) groups is 1. The third-order valence-corrected chi connectivity index (χ3v) is 4.95. The van der Waals surface area contributed by atoms with Crippen molar-refractivity contribution in [1.29, 1.82) is 0 Å². The number of methoxy groups -OCH3 is 1. The SMILES string of the molecule is COc1ccc(Cl)cc1C1=N/C(=C\c2ccccc2OC(=O)c2ccc(C)cc2)C(=O)O1. The fourth-order valence-corrected chi connectivity index (χ4v) is 3.23. The number of hydrogen-bond acceptors (Lipinski definition) is 6. The molecule has 0 N–H and O–H groups in total. The van der Waals surface area contributed by atoms with E-state index in [0.717, 1.165) is 5.56 Å². The summed E-state index contributed by atoms with van der Waals surface area (Å²) in [6.07, 6.45) is 1.50. The molecule has 0 atom stereocenters. The number of halogens is 1. The lowest BCUT2D eigenvalue weighted by Crippen LogP contribution is -2.09. The van der Waals surface area contributed by atoms with Crippen molar-refractivity contribution in [2.24, 2.45) is 4.99 Å². The maximum Gasteiger partial charge on any atom is 0.363 e. The monoisotopic (exact) mass is 447 g/mol. The van der Waals surface area contributed by atoms with Crippen LogP contribution in [0.2, 0.25) is 5.02 Å². The highest BCUT2D eigenvalue weighted by atomic mass is 35.5. The van der Waals surface area contributed by atoms with Crippen LogP contribution >= 0.6 is 11.6 Å². The molecular formula is C25H18ClNO5. The summed E-state index contributed by atoms with van der Waals surface area (Å²) in [5.74, 6) is -0.300. The predicted molar refractivity (Wildman–Crippen MR) is 121 cm³/mol. The van der Waals surface area contributed by atoms with Crippen molar-refractivity contribution < 1.29 is 23.8 Å². The van der Waals surface area contributed by atoms with Crippen molar-refractivity contribution in [2.75, 3.05) is 7.11 Å². The molecule has 0 fully saturated rings. The van der Waals surface area contributed by atoms with Crippen molar-refractivity contribution in [1.82, 2.24) is 0 Å². The number of rotatable bonds is 5. The Morgan fingerprint density at radius 3 is 2.53 bits per heavy atom. The van der Waals surface area contributed by atoms with Crippen LogP contribution in [0.5, 0.6) is 11.5 Å². The molecule has 0 radical (unpaired) electrons. The van der Waals surface area contributed by atoms with Crippen LogP contribution in [-0.2, 0) is 9.53 Å². The van der Waals surface area contributed by atoms with Gasteiger partial charge in [-0.2, -0.15) is 0 Å². The summed E-state index contributed by atoms with van der Waals surface area (Å²) in [5.41, 5.74) is 2.47. The molecule has 0 saturated carbocycles. The molecule has 0 bridgehead atoms. The molecule has 3 aromatic carbocycles. The maximum absolute atomic E-state index is 12.5.